The molecule has 0 N–H and O–H groups in total. The second-order valence-electron chi connectivity index (χ2n) is 4.61. The minimum atomic E-state index is -0.640. The summed E-state index contributed by atoms with van der Waals surface area (Å²) < 4.78 is 10.4. The Morgan fingerprint density at radius 3 is 2.12 bits per heavy atom. The highest BCUT2D eigenvalue weighted by Gasteiger charge is 2.25. The fourth-order valence-electron chi connectivity index (χ4n) is 1.58. The molecule has 2 heterocycles. The molecule has 2 aliphatic rings. The second-order valence-corrected chi connectivity index (χ2v) is 4.61. The number of esters is 2. The molecule has 1 aromatic rings. The molecule has 17 heavy (non-hydrogen) atoms. The molecular formula is C13H14O4. The van der Waals surface area contributed by atoms with Crippen LogP contribution < -0.4 is 0 Å². The molecule has 1 aromatic carbocycles. The van der Waals surface area contributed by atoms with Crippen molar-refractivity contribution in [2.45, 2.75) is 25.9 Å². The summed E-state index contributed by atoms with van der Waals surface area (Å²) in [7, 11) is 0. The van der Waals surface area contributed by atoms with Crippen LogP contribution >= 0.6 is 0 Å². The summed E-state index contributed by atoms with van der Waals surface area (Å²) in [5.74, 6) is -0.752. The molecule has 0 spiro atoms. The Labute approximate surface area is 99.5 Å². The number of hydrogen-bond acceptors (Lipinski definition) is 4. The van der Waals surface area contributed by atoms with Crippen molar-refractivity contribution in [3.63, 3.8) is 0 Å². The first-order valence-electron chi connectivity index (χ1n) is 5.48. The summed E-state index contributed by atoms with van der Waals surface area (Å²) in [6.07, 6.45) is 0.477. The Balaban J connectivity index is 2.35. The Morgan fingerprint density at radius 1 is 1.00 bits per heavy atom. The van der Waals surface area contributed by atoms with Crippen molar-refractivity contribution < 1.29 is 19.1 Å². The smallest absolute Gasteiger partial charge is 0.338 e. The molecule has 0 amide bonds. The van der Waals surface area contributed by atoms with Gasteiger partial charge in [-0.1, -0.05) is 0 Å². The van der Waals surface area contributed by atoms with E-state index in [1.54, 1.807) is 38.1 Å². The van der Waals surface area contributed by atoms with E-state index in [1.165, 1.54) is 0 Å². The zero-order chi connectivity index (χ0) is 12.5. The summed E-state index contributed by atoms with van der Waals surface area (Å²) >= 11 is 0. The lowest BCUT2D eigenvalue weighted by Gasteiger charge is -2.24. The first-order valence-corrected chi connectivity index (χ1v) is 5.48. The van der Waals surface area contributed by atoms with E-state index in [0.717, 1.165) is 0 Å². The zero-order valence-electron chi connectivity index (χ0n) is 9.86. The molecule has 4 nitrogen and oxygen atoms in total. The lowest BCUT2D eigenvalue weighted by atomic mass is 10.1. The molecule has 2 aliphatic heterocycles. The van der Waals surface area contributed by atoms with Crippen LogP contribution in [0.5, 0.6) is 0 Å². The number of carbonyl (C=O) groups excluding carboxylic acids is 2. The first-order chi connectivity index (χ1) is 7.98. The summed E-state index contributed by atoms with van der Waals surface area (Å²) in [5.41, 5.74) is 0.247. The van der Waals surface area contributed by atoms with Gasteiger partial charge in [-0.05, 0) is 38.1 Å². The SMILES string of the molecule is CC1(C)CCOC(=O)c2ccc(cc2)C(=O)O1. The van der Waals surface area contributed by atoms with Gasteiger partial charge in [-0.15, -0.1) is 0 Å². The Hall–Kier alpha value is -1.84. The van der Waals surface area contributed by atoms with Gasteiger partial charge in [0.15, 0.2) is 0 Å². The predicted molar refractivity (Wildman–Crippen MR) is 60.8 cm³/mol. The van der Waals surface area contributed by atoms with Gasteiger partial charge in [-0.3, -0.25) is 0 Å². The fourth-order valence-corrected chi connectivity index (χ4v) is 1.58. The van der Waals surface area contributed by atoms with Crippen LogP contribution in [0.1, 0.15) is 41.0 Å². The first kappa shape index (κ1) is 11.6. The van der Waals surface area contributed by atoms with E-state index < -0.39 is 5.60 Å². The van der Waals surface area contributed by atoms with Gasteiger partial charge in [0.25, 0.3) is 0 Å². The highest BCUT2D eigenvalue weighted by Crippen LogP contribution is 2.19. The van der Waals surface area contributed by atoms with Crippen molar-refractivity contribution in [2.24, 2.45) is 0 Å². The zero-order valence-corrected chi connectivity index (χ0v) is 9.86. The number of carbonyl (C=O) groups is 2. The quantitative estimate of drug-likeness (QED) is 0.646. The van der Waals surface area contributed by atoms with Crippen molar-refractivity contribution in [1.29, 1.82) is 0 Å². The maximum absolute atomic E-state index is 11.8. The lowest BCUT2D eigenvalue weighted by Crippen LogP contribution is -2.29. The summed E-state index contributed by atoms with van der Waals surface area (Å²) in [5, 5.41) is 0. The molecule has 0 aliphatic carbocycles. The van der Waals surface area contributed by atoms with Crippen LogP contribution in [0.4, 0.5) is 0 Å². The summed E-state index contributed by atoms with van der Waals surface area (Å²) in [6.45, 7) is 3.83. The van der Waals surface area contributed by atoms with E-state index in [2.05, 4.69) is 0 Å². The third-order valence-corrected chi connectivity index (χ3v) is 2.66. The minimum Gasteiger partial charge on any atom is -0.462 e. The molecule has 90 valence electrons. The average molecular weight is 234 g/mol. The van der Waals surface area contributed by atoms with Gasteiger partial charge in [0.05, 0.1) is 17.7 Å². The van der Waals surface area contributed by atoms with Gasteiger partial charge in [-0.2, -0.15) is 0 Å². The minimum absolute atomic E-state index is 0.236. The fraction of sp³-hybridized carbons (Fsp3) is 0.385. The average Bonchev–Trinajstić information content (AvgIpc) is 2.29. The highest BCUT2D eigenvalue weighted by molar-refractivity contribution is 5.93. The standard InChI is InChI=1S/C13H14O4/c1-13(2)7-8-16-11(14)9-3-5-10(6-4-9)12(15)17-13/h3-6H,7-8H2,1-2H3. The summed E-state index contributed by atoms with van der Waals surface area (Å²) in [4.78, 5) is 23.4. The van der Waals surface area contributed by atoms with Crippen molar-refractivity contribution in [1.82, 2.24) is 0 Å². The van der Waals surface area contributed by atoms with Crippen molar-refractivity contribution in [3.05, 3.63) is 35.4 Å². The summed E-state index contributed by atoms with van der Waals surface area (Å²) in [6, 6.07) is 6.27. The normalized spacial score (nSPS) is 19.2. The maximum atomic E-state index is 11.8. The molecule has 2 bridgehead atoms. The molecule has 3 rings (SSSR count). The lowest BCUT2D eigenvalue weighted by molar-refractivity contribution is -0.0140. The Morgan fingerprint density at radius 2 is 1.53 bits per heavy atom. The van der Waals surface area contributed by atoms with Crippen LogP contribution in [0.2, 0.25) is 0 Å². The number of rotatable bonds is 0. The molecule has 0 atom stereocenters. The molecule has 0 radical (unpaired) electrons. The van der Waals surface area contributed by atoms with Crippen LogP contribution in [0.3, 0.4) is 0 Å². The van der Waals surface area contributed by atoms with Crippen LogP contribution in [0.15, 0.2) is 24.3 Å². The van der Waals surface area contributed by atoms with Gasteiger partial charge in [0, 0.05) is 6.42 Å². The monoisotopic (exact) mass is 234 g/mol. The van der Waals surface area contributed by atoms with Gasteiger partial charge in [0.2, 0.25) is 0 Å². The van der Waals surface area contributed by atoms with Crippen molar-refractivity contribution in [3.8, 4) is 0 Å². The third-order valence-electron chi connectivity index (χ3n) is 2.66. The topological polar surface area (TPSA) is 52.6 Å². The highest BCUT2D eigenvalue weighted by atomic mass is 16.6. The largest absolute Gasteiger partial charge is 0.462 e. The van der Waals surface area contributed by atoms with E-state index in [0.29, 0.717) is 17.5 Å². The van der Waals surface area contributed by atoms with Crippen LogP contribution in [0, 0.1) is 0 Å². The Bertz CT molecular complexity index is 445. The Kier molecular flexibility index (Phi) is 2.88. The molecule has 0 aromatic heterocycles. The van der Waals surface area contributed by atoms with Crippen LogP contribution in [0.25, 0.3) is 0 Å². The maximum Gasteiger partial charge on any atom is 0.338 e. The second kappa shape index (κ2) is 4.20. The van der Waals surface area contributed by atoms with Crippen molar-refractivity contribution in [2.75, 3.05) is 6.61 Å². The third kappa shape index (κ3) is 2.64. The van der Waals surface area contributed by atoms with Gasteiger partial charge in [0.1, 0.15) is 5.60 Å². The van der Waals surface area contributed by atoms with Crippen LogP contribution in [-0.2, 0) is 9.47 Å². The van der Waals surface area contributed by atoms with E-state index in [4.69, 9.17) is 9.47 Å². The van der Waals surface area contributed by atoms with Crippen molar-refractivity contribution >= 4 is 11.9 Å². The number of hydrogen-bond donors (Lipinski definition) is 0. The van der Waals surface area contributed by atoms with Gasteiger partial charge in [-0.25, -0.2) is 9.59 Å². The molecule has 0 unspecified atom stereocenters. The van der Waals surface area contributed by atoms with Gasteiger partial charge < -0.3 is 9.47 Å². The number of fused-ring (bicyclic) bond motifs is 8. The van der Waals surface area contributed by atoms with E-state index in [9.17, 15) is 9.59 Å². The molecule has 0 fully saturated rings. The predicted octanol–water partition coefficient (Wildman–Crippen LogP) is 2.18. The van der Waals surface area contributed by atoms with E-state index in [1.807, 2.05) is 0 Å². The molecule has 4 heteroatoms. The molecular weight excluding hydrogens is 220 g/mol. The number of benzene rings is 1. The van der Waals surface area contributed by atoms with Gasteiger partial charge >= 0.3 is 11.9 Å². The number of ether oxygens (including phenoxy) is 2. The van der Waals surface area contributed by atoms with Crippen LogP contribution in [-0.4, -0.2) is 24.1 Å². The van der Waals surface area contributed by atoms with E-state index >= 15 is 0 Å². The molecule has 0 saturated carbocycles. The molecule has 0 saturated heterocycles. The van der Waals surface area contributed by atoms with E-state index in [-0.39, 0.29) is 18.5 Å².